The summed E-state index contributed by atoms with van der Waals surface area (Å²) in [5.74, 6) is 0. The van der Waals surface area contributed by atoms with Gasteiger partial charge in [0.2, 0.25) is 0 Å². The molecule has 0 nitrogen and oxygen atoms in total. The van der Waals surface area contributed by atoms with Gasteiger partial charge >= 0.3 is 279 Å². The molecule has 1 aliphatic heterocycles. The van der Waals surface area contributed by atoms with E-state index in [4.69, 9.17) is 0 Å². The van der Waals surface area contributed by atoms with E-state index in [0.29, 0.717) is 0 Å². The molecule has 47 heavy (non-hydrogen) atoms. The smallest absolute Gasteiger partial charge is 0.147 e. The van der Waals surface area contributed by atoms with E-state index in [1.54, 1.807) is 33.4 Å². The topological polar surface area (TPSA) is 0 Å². The van der Waals surface area contributed by atoms with E-state index in [9.17, 15) is 0 Å². The van der Waals surface area contributed by atoms with E-state index in [1.807, 2.05) is 0 Å². The molecule has 2 aliphatic carbocycles. The van der Waals surface area contributed by atoms with Gasteiger partial charge < -0.3 is 0 Å². The summed E-state index contributed by atoms with van der Waals surface area (Å²) in [5, 5.41) is 0. The fraction of sp³-hybridized carbons (Fsp3) is 0.364. The van der Waals surface area contributed by atoms with Crippen LogP contribution in [-0.2, 0) is 32.8 Å². The van der Waals surface area contributed by atoms with Crippen molar-refractivity contribution in [2.75, 3.05) is 0 Å². The van der Waals surface area contributed by atoms with Crippen LogP contribution >= 0.6 is 24.8 Å². The Bertz CT molecular complexity index is 1610. The summed E-state index contributed by atoms with van der Waals surface area (Å²) in [4.78, 5) is 0. The Balaban J connectivity index is 0.00000217. The number of allylic oxidation sites excluding steroid dienone is 2. The number of hydrogen-bond donors (Lipinski definition) is 0. The van der Waals surface area contributed by atoms with E-state index in [0.717, 1.165) is 20.2 Å². The molecule has 0 radical (unpaired) electrons. The van der Waals surface area contributed by atoms with Crippen LogP contribution in [0.2, 0.25) is 8.35 Å². The van der Waals surface area contributed by atoms with Gasteiger partial charge in [0.15, 0.2) is 0 Å². The molecule has 1 heterocycles. The fourth-order valence-electron chi connectivity index (χ4n) is 8.97. The third-order valence-electron chi connectivity index (χ3n) is 11.0. The summed E-state index contributed by atoms with van der Waals surface area (Å²) in [7, 11) is 0. The molecule has 1 saturated heterocycles. The van der Waals surface area contributed by atoms with Gasteiger partial charge in [-0.2, -0.15) is 0 Å². The molecule has 4 aromatic carbocycles. The van der Waals surface area contributed by atoms with E-state index in [1.165, 1.54) is 80.3 Å². The molecule has 4 aromatic rings. The van der Waals surface area contributed by atoms with Crippen molar-refractivity contribution < 1.29 is 20.0 Å². The van der Waals surface area contributed by atoms with Gasteiger partial charge in [0.05, 0.1) is 0 Å². The molecule has 7 rings (SSSR count). The summed E-state index contributed by atoms with van der Waals surface area (Å²) in [6.45, 7) is 9.31. The van der Waals surface area contributed by atoms with Crippen molar-refractivity contribution >= 4 is 37.0 Å². The molecule has 0 spiro atoms. The molecule has 0 aromatic heterocycles. The summed E-state index contributed by atoms with van der Waals surface area (Å²) in [5.41, 5.74) is 18.6. The van der Waals surface area contributed by atoms with Gasteiger partial charge in [-0.25, -0.2) is 0 Å². The van der Waals surface area contributed by atoms with Gasteiger partial charge in [-0.1, -0.05) is 0 Å². The van der Waals surface area contributed by atoms with Crippen molar-refractivity contribution in [3.63, 3.8) is 0 Å². The second kappa shape index (κ2) is 15.6. The minimum atomic E-state index is -2.90. The zero-order valence-corrected chi connectivity index (χ0v) is 34.0. The van der Waals surface area contributed by atoms with Gasteiger partial charge in [0.1, 0.15) is 0 Å². The SMILES string of the molecule is CCCC1=Cc2c(-c3ccc(CCC)cc3)cccc2[CH]1[Hf]1([CH]2C(CCC)=Cc3c(-c4ccc(CCC)cc4)cccc32)[CH2][CH2]1.Cl.Cl. The predicted molar refractivity (Wildman–Crippen MR) is 207 cm³/mol. The van der Waals surface area contributed by atoms with Crippen molar-refractivity contribution in [3.8, 4) is 22.3 Å². The number of benzene rings is 4. The first-order valence-electron chi connectivity index (χ1n) is 18.0. The molecule has 2 atom stereocenters. The maximum absolute atomic E-state index is 2.90. The van der Waals surface area contributed by atoms with Crippen molar-refractivity contribution in [2.24, 2.45) is 0 Å². The second-order valence-electron chi connectivity index (χ2n) is 14.0. The summed E-state index contributed by atoms with van der Waals surface area (Å²) >= 11 is -2.90. The minimum absolute atomic E-state index is 0. The van der Waals surface area contributed by atoms with Crippen LogP contribution in [0.1, 0.15) is 107 Å². The Morgan fingerprint density at radius 3 is 1.21 bits per heavy atom. The van der Waals surface area contributed by atoms with Gasteiger partial charge in [-0.05, 0) is 0 Å². The zero-order chi connectivity index (χ0) is 31.0. The van der Waals surface area contributed by atoms with E-state index in [-0.39, 0.29) is 24.8 Å². The van der Waals surface area contributed by atoms with E-state index >= 15 is 0 Å². The fourth-order valence-corrected chi connectivity index (χ4v) is 37.0. The minimum Gasteiger partial charge on any atom is -0.147 e. The third kappa shape index (κ3) is 6.71. The maximum atomic E-state index is 2.67. The standard InChI is InChI=1S/2C21H23.C2H4.2ClH.Hf/c2*1-3-6-16-10-12-18(13-11-16)20-9-5-8-19-14-17(7-4-2)15-21(19)20;1-2;;;/h2*5,8-15H,3-4,6-7H2,1-2H3;1-2H2;2*1H;. The van der Waals surface area contributed by atoms with Crippen molar-refractivity contribution in [3.05, 3.63) is 129 Å². The summed E-state index contributed by atoms with van der Waals surface area (Å²) < 4.78 is 4.52. The Morgan fingerprint density at radius 2 is 0.872 bits per heavy atom. The van der Waals surface area contributed by atoms with Crippen molar-refractivity contribution in [2.45, 2.75) is 94.8 Å². The van der Waals surface area contributed by atoms with Gasteiger partial charge in [0, 0.05) is 0 Å². The van der Waals surface area contributed by atoms with E-state index in [2.05, 4.69) is 125 Å². The molecule has 2 unspecified atom stereocenters. The number of hydrogen-bond acceptors (Lipinski definition) is 0. The van der Waals surface area contributed by atoms with Gasteiger partial charge in [-0.15, -0.1) is 24.8 Å². The maximum Gasteiger partial charge on any atom is -0.147 e. The monoisotopic (exact) mass is 830 g/mol. The van der Waals surface area contributed by atoms with Crippen molar-refractivity contribution in [1.82, 2.24) is 0 Å². The molecule has 0 saturated carbocycles. The van der Waals surface area contributed by atoms with Crippen LogP contribution in [0.5, 0.6) is 0 Å². The number of rotatable bonds is 12. The first-order chi connectivity index (χ1) is 22.1. The Hall–Kier alpha value is -2.19. The van der Waals surface area contributed by atoms with Crippen LogP contribution in [0.15, 0.2) is 96.1 Å². The van der Waals surface area contributed by atoms with E-state index < -0.39 is 20.0 Å². The summed E-state index contributed by atoms with van der Waals surface area (Å²) in [6.07, 6.45) is 15.0. The normalized spacial score (nSPS) is 18.4. The van der Waals surface area contributed by atoms with Gasteiger partial charge in [-0.3, -0.25) is 0 Å². The Morgan fingerprint density at radius 1 is 0.489 bits per heavy atom. The first-order valence-corrected chi connectivity index (χ1v) is 27.2. The number of halogens is 2. The molecule has 246 valence electrons. The molecular weight excluding hydrogens is 778 g/mol. The van der Waals surface area contributed by atoms with Crippen LogP contribution in [0, 0.1) is 0 Å². The Kier molecular flexibility index (Phi) is 12.0. The number of fused-ring (bicyclic) bond motifs is 2. The first kappa shape index (κ1) is 36.1. The number of aryl methyl sites for hydroxylation is 2. The third-order valence-corrected chi connectivity index (χ3v) is 30.1. The second-order valence-corrected chi connectivity index (χ2v) is 30.7. The quantitative estimate of drug-likeness (QED) is 0.125. The van der Waals surface area contributed by atoms with Crippen LogP contribution in [0.3, 0.4) is 0 Å². The molecule has 3 heteroatoms. The predicted octanol–water partition coefficient (Wildman–Crippen LogP) is 13.9. The van der Waals surface area contributed by atoms with Crippen LogP contribution in [-0.4, -0.2) is 0 Å². The average Bonchev–Trinajstić information content (AvgIpc) is 3.61. The molecule has 0 amide bonds. The van der Waals surface area contributed by atoms with Gasteiger partial charge in [0.25, 0.3) is 0 Å². The van der Waals surface area contributed by atoms with Crippen LogP contribution < -0.4 is 0 Å². The largest absolute Gasteiger partial charge is 0.147 e. The molecule has 0 N–H and O–H groups in total. The molecule has 3 aliphatic rings. The van der Waals surface area contributed by atoms with Crippen LogP contribution in [0.4, 0.5) is 0 Å². The zero-order valence-electron chi connectivity index (χ0n) is 28.8. The Labute approximate surface area is 301 Å². The average molecular weight is 830 g/mol. The molecular formula is C44H52Cl2Hf. The summed E-state index contributed by atoms with van der Waals surface area (Å²) in [6, 6.07) is 33.5. The molecule has 1 fully saturated rings. The molecule has 0 bridgehead atoms. The van der Waals surface area contributed by atoms with Crippen LogP contribution in [0.25, 0.3) is 34.4 Å². The van der Waals surface area contributed by atoms with Crippen molar-refractivity contribution in [1.29, 1.82) is 0 Å².